The molecule has 0 aliphatic rings. The van der Waals surface area contributed by atoms with Gasteiger partial charge in [-0.1, -0.05) is 57.0 Å². The maximum absolute atomic E-state index is 6.22. The van der Waals surface area contributed by atoms with Crippen LogP contribution in [0.25, 0.3) is 0 Å². The zero-order valence-electron chi connectivity index (χ0n) is 9.76. The van der Waals surface area contributed by atoms with Gasteiger partial charge >= 0.3 is 0 Å². The molecule has 0 radical (unpaired) electrons. The van der Waals surface area contributed by atoms with E-state index in [1.165, 1.54) is 5.56 Å². The lowest BCUT2D eigenvalue weighted by Crippen LogP contribution is -2.26. The number of halogens is 1. The molecule has 1 N–H and O–H groups in total. The summed E-state index contributed by atoms with van der Waals surface area (Å²) in [5.74, 6) is 0.602. The van der Waals surface area contributed by atoms with Gasteiger partial charge in [-0.3, -0.25) is 0 Å². The van der Waals surface area contributed by atoms with Crippen molar-refractivity contribution in [3.63, 3.8) is 0 Å². The molecule has 1 nitrogen and oxygen atoms in total. The van der Waals surface area contributed by atoms with Crippen molar-refractivity contribution in [1.82, 2.24) is 5.32 Å². The molecule has 1 aromatic rings. The highest BCUT2D eigenvalue weighted by Gasteiger charge is 2.18. The quantitative estimate of drug-likeness (QED) is 0.798. The number of nitrogens with one attached hydrogen (secondary N) is 1. The molecular formula is C13H20ClN. The van der Waals surface area contributed by atoms with Crippen molar-refractivity contribution >= 4 is 11.6 Å². The fourth-order valence-electron chi connectivity index (χ4n) is 1.80. The van der Waals surface area contributed by atoms with Crippen LogP contribution in [-0.2, 0) is 0 Å². The Morgan fingerprint density at radius 2 is 1.93 bits per heavy atom. The lowest BCUT2D eigenvalue weighted by Gasteiger charge is -2.25. The topological polar surface area (TPSA) is 12.0 Å². The molecule has 0 saturated heterocycles. The van der Waals surface area contributed by atoms with Crippen molar-refractivity contribution in [2.75, 3.05) is 6.54 Å². The molecule has 2 atom stereocenters. The zero-order chi connectivity index (χ0) is 11.3. The van der Waals surface area contributed by atoms with Crippen LogP contribution in [0.3, 0.4) is 0 Å². The first-order valence-corrected chi connectivity index (χ1v) is 6.06. The summed E-state index contributed by atoms with van der Waals surface area (Å²) in [4.78, 5) is 0. The van der Waals surface area contributed by atoms with Gasteiger partial charge in [0.05, 0.1) is 0 Å². The van der Waals surface area contributed by atoms with Gasteiger partial charge in [0.1, 0.15) is 0 Å². The number of rotatable bonds is 5. The summed E-state index contributed by atoms with van der Waals surface area (Å²) in [5.41, 5.74) is 1.22. The van der Waals surface area contributed by atoms with Crippen molar-refractivity contribution in [2.24, 2.45) is 5.92 Å². The Kier molecular flexibility index (Phi) is 5.13. The maximum Gasteiger partial charge on any atom is 0.0453 e. The third kappa shape index (κ3) is 3.22. The van der Waals surface area contributed by atoms with Gasteiger partial charge in [0.2, 0.25) is 0 Å². The molecule has 1 aromatic carbocycles. The summed E-state index contributed by atoms with van der Waals surface area (Å²) >= 11 is 6.22. The van der Waals surface area contributed by atoms with E-state index >= 15 is 0 Å². The molecule has 0 fully saturated rings. The molecule has 0 aliphatic heterocycles. The summed E-state index contributed by atoms with van der Waals surface area (Å²) in [6.07, 6.45) is 1.16. The first-order chi connectivity index (χ1) is 7.20. The van der Waals surface area contributed by atoms with Crippen LogP contribution in [-0.4, -0.2) is 6.54 Å². The SMILES string of the molecule is CCNC(c1ccccc1Cl)C(C)CC. The molecule has 84 valence electrons. The van der Waals surface area contributed by atoms with E-state index in [-0.39, 0.29) is 0 Å². The highest BCUT2D eigenvalue weighted by atomic mass is 35.5. The molecule has 0 amide bonds. The summed E-state index contributed by atoms with van der Waals surface area (Å²) < 4.78 is 0. The van der Waals surface area contributed by atoms with Crippen molar-refractivity contribution in [2.45, 2.75) is 33.2 Å². The van der Waals surface area contributed by atoms with Gasteiger partial charge in [-0.25, -0.2) is 0 Å². The summed E-state index contributed by atoms with van der Waals surface area (Å²) in [5, 5.41) is 4.37. The predicted molar refractivity (Wildman–Crippen MR) is 67.3 cm³/mol. The highest BCUT2D eigenvalue weighted by molar-refractivity contribution is 6.31. The second-order valence-corrected chi connectivity index (χ2v) is 4.35. The van der Waals surface area contributed by atoms with Gasteiger partial charge in [0, 0.05) is 11.1 Å². The molecule has 0 bridgehead atoms. The molecule has 2 heteroatoms. The number of hydrogen-bond acceptors (Lipinski definition) is 1. The second kappa shape index (κ2) is 6.14. The van der Waals surface area contributed by atoms with Gasteiger partial charge in [-0.2, -0.15) is 0 Å². The average molecular weight is 226 g/mol. The monoisotopic (exact) mass is 225 g/mol. The van der Waals surface area contributed by atoms with E-state index in [2.05, 4.69) is 32.2 Å². The van der Waals surface area contributed by atoms with Crippen LogP contribution >= 0.6 is 11.6 Å². The van der Waals surface area contributed by atoms with Crippen LogP contribution in [0.4, 0.5) is 0 Å². The van der Waals surface area contributed by atoms with Crippen molar-refractivity contribution in [1.29, 1.82) is 0 Å². The largest absolute Gasteiger partial charge is 0.310 e. The summed E-state index contributed by atoms with van der Waals surface area (Å²) in [7, 11) is 0. The van der Waals surface area contributed by atoms with Crippen LogP contribution in [0.5, 0.6) is 0 Å². The first kappa shape index (κ1) is 12.5. The van der Waals surface area contributed by atoms with E-state index in [0.717, 1.165) is 18.0 Å². The summed E-state index contributed by atoms with van der Waals surface area (Å²) in [6.45, 7) is 7.58. The third-order valence-electron chi connectivity index (χ3n) is 2.88. The van der Waals surface area contributed by atoms with Crippen LogP contribution in [0.15, 0.2) is 24.3 Å². The summed E-state index contributed by atoms with van der Waals surface area (Å²) in [6, 6.07) is 8.47. The standard InChI is InChI=1S/C13H20ClN/c1-4-10(3)13(15-5-2)11-8-6-7-9-12(11)14/h6-10,13,15H,4-5H2,1-3H3. The van der Waals surface area contributed by atoms with E-state index in [9.17, 15) is 0 Å². The molecule has 15 heavy (non-hydrogen) atoms. The van der Waals surface area contributed by atoms with Crippen LogP contribution in [0, 0.1) is 5.92 Å². The number of hydrogen-bond donors (Lipinski definition) is 1. The first-order valence-electron chi connectivity index (χ1n) is 5.68. The molecule has 0 aliphatic carbocycles. The smallest absolute Gasteiger partial charge is 0.0453 e. The lowest BCUT2D eigenvalue weighted by molar-refractivity contribution is 0.384. The van der Waals surface area contributed by atoms with E-state index in [1.54, 1.807) is 0 Å². The van der Waals surface area contributed by atoms with Crippen molar-refractivity contribution < 1.29 is 0 Å². The molecular weight excluding hydrogens is 206 g/mol. The van der Waals surface area contributed by atoms with Gasteiger partial charge in [0.15, 0.2) is 0 Å². The van der Waals surface area contributed by atoms with E-state index < -0.39 is 0 Å². The van der Waals surface area contributed by atoms with Gasteiger partial charge < -0.3 is 5.32 Å². The molecule has 0 saturated carbocycles. The van der Waals surface area contributed by atoms with Gasteiger partial charge in [0.25, 0.3) is 0 Å². The molecule has 0 heterocycles. The Hall–Kier alpha value is -0.530. The Morgan fingerprint density at radius 3 is 2.47 bits per heavy atom. The van der Waals surface area contributed by atoms with E-state index in [0.29, 0.717) is 12.0 Å². The molecule has 0 spiro atoms. The van der Waals surface area contributed by atoms with Crippen molar-refractivity contribution in [3.8, 4) is 0 Å². The Morgan fingerprint density at radius 1 is 1.27 bits per heavy atom. The van der Waals surface area contributed by atoms with Crippen LogP contribution < -0.4 is 5.32 Å². The van der Waals surface area contributed by atoms with Crippen LogP contribution in [0.2, 0.25) is 5.02 Å². The molecule has 2 unspecified atom stereocenters. The fraction of sp³-hybridized carbons (Fsp3) is 0.538. The minimum Gasteiger partial charge on any atom is -0.310 e. The van der Waals surface area contributed by atoms with Gasteiger partial charge in [-0.15, -0.1) is 0 Å². The van der Waals surface area contributed by atoms with Gasteiger partial charge in [-0.05, 0) is 24.1 Å². The highest BCUT2D eigenvalue weighted by Crippen LogP contribution is 2.29. The zero-order valence-corrected chi connectivity index (χ0v) is 10.5. The Balaban J connectivity index is 2.93. The molecule has 1 rings (SSSR count). The fourth-order valence-corrected chi connectivity index (χ4v) is 2.05. The number of benzene rings is 1. The predicted octanol–water partition coefficient (Wildman–Crippen LogP) is 4.04. The van der Waals surface area contributed by atoms with Crippen molar-refractivity contribution in [3.05, 3.63) is 34.9 Å². The maximum atomic E-state index is 6.22. The molecule has 0 aromatic heterocycles. The minimum absolute atomic E-state index is 0.369. The third-order valence-corrected chi connectivity index (χ3v) is 3.22. The lowest BCUT2D eigenvalue weighted by atomic mass is 9.92. The van der Waals surface area contributed by atoms with Crippen LogP contribution in [0.1, 0.15) is 38.8 Å². The average Bonchev–Trinajstić information content (AvgIpc) is 2.26. The normalized spacial score (nSPS) is 14.9. The van der Waals surface area contributed by atoms with E-state index in [1.807, 2.05) is 18.2 Å². The Bertz CT molecular complexity index is 298. The minimum atomic E-state index is 0.369. The second-order valence-electron chi connectivity index (χ2n) is 3.94. The van der Waals surface area contributed by atoms with E-state index in [4.69, 9.17) is 11.6 Å². The Labute approximate surface area is 97.8 Å².